The summed E-state index contributed by atoms with van der Waals surface area (Å²) < 4.78 is 12.2. The number of esters is 1. The van der Waals surface area contributed by atoms with Crippen LogP contribution in [0, 0.1) is 44.6 Å². The highest BCUT2D eigenvalue weighted by Crippen LogP contribution is 2.74. The van der Waals surface area contributed by atoms with Crippen molar-refractivity contribution in [1.82, 2.24) is 0 Å². The Morgan fingerprint density at radius 2 is 1.69 bits per heavy atom. The standard InChI is InChI=1S/C31H37NO7/c1-18(33)38-30(4)15-13-23-21-11-16-31-27(39-31)26(35)22(17-29(31,3)24(21)12-14-28(23,30)2)25(34)10-7-19-5-8-20(9-6-19)32(36)37/h5-10,21-24,27H,11-17H2,1-4H3/b10-7+/t21-,22?,23-,24-,27-,28-,29+,30-,31-/m0/s1. The summed E-state index contributed by atoms with van der Waals surface area (Å²) in [7, 11) is 0. The third kappa shape index (κ3) is 3.63. The first kappa shape index (κ1) is 26.4. The zero-order valence-corrected chi connectivity index (χ0v) is 23.1. The molecule has 1 aliphatic heterocycles. The van der Waals surface area contributed by atoms with Gasteiger partial charge in [0.15, 0.2) is 11.6 Å². The number of ether oxygens (including phenoxy) is 2. The van der Waals surface area contributed by atoms with Gasteiger partial charge in [-0.2, -0.15) is 0 Å². The molecule has 208 valence electrons. The van der Waals surface area contributed by atoms with Gasteiger partial charge >= 0.3 is 5.97 Å². The van der Waals surface area contributed by atoms with Crippen molar-refractivity contribution >= 4 is 29.3 Å². The Morgan fingerprint density at radius 1 is 1.03 bits per heavy atom. The molecule has 4 aliphatic carbocycles. The lowest BCUT2D eigenvalue weighted by atomic mass is 9.43. The molecule has 1 heterocycles. The Bertz CT molecular complexity index is 1290. The molecular formula is C31H37NO7. The van der Waals surface area contributed by atoms with Gasteiger partial charge in [0.2, 0.25) is 0 Å². The summed E-state index contributed by atoms with van der Waals surface area (Å²) in [6, 6.07) is 5.99. The first-order valence-corrected chi connectivity index (χ1v) is 14.2. The summed E-state index contributed by atoms with van der Waals surface area (Å²) in [5.74, 6) is -0.0768. The highest BCUT2D eigenvalue weighted by Gasteiger charge is 2.79. The van der Waals surface area contributed by atoms with E-state index in [0.717, 1.165) is 38.5 Å². The molecule has 1 aromatic carbocycles. The van der Waals surface area contributed by atoms with Crippen LogP contribution in [0.15, 0.2) is 30.3 Å². The summed E-state index contributed by atoms with van der Waals surface area (Å²) in [4.78, 5) is 49.2. The molecule has 0 aromatic heterocycles. The number of Topliss-reactive ketones (excluding diaryl/α,β-unsaturated/α-hetero) is 1. The lowest BCUT2D eigenvalue weighted by molar-refractivity contribution is -0.384. The first-order chi connectivity index (χ1) is 18.4. The van der Waals surface area contributed by atoms with E-state index in [-0.39, 0.29) is 34.1 Å². The molecule has 1 unspecified atom stereocenters. The second kappa shape index (κ2) is 8.56. The summed E-state index contributed by atoms with van der Waals surface area (Å²) in [6.45, 7) is 8.15. The van der Waals surface area contributed by atoms with Crippen LogP contribution < -0.4 is 0 Å². The van der Waals surface area contributed by atoms with Crippen LogP contribution in [0.25, 0.3) is 6.08 Å². The minimum Gasteiger partial charge on any atom is -0.459 e. The molecule has 0 radical (unpaired) electrons. The first-order valence-electron chi connectivity index (χ1n) is 14.2. The van der Waals surface area contributed by atoms with E-state index in [1.165, 1.54) is 25.1 Å². The predicted octanol–water partition coefficient (Wildman–Crippen LogP) is 5.47. The maximum absolute atomic E-state index is 13.4. The Morgan fingerprint density at radius 3 is 2.36 bits per heavy atom. The summed E-state index contributed by atoms with van der Waals surface area (Å²) in [6.07, 6.45) is 8.68. The molecule has 1 spiro atoms. The molecule has 6 rings (SSSR count). The molecule has 1 saturated heterocycles. The van der Waals surface area contributed by atoms with Crippen molar-refractivity contribution in [3.05, 3.63) is 46.0 Å². The molecular weight excluding hydrogens is 498 g/mol. The third-order valence-electron chi connectivity index (χ3n) is 11.8. The number of epoxide rings is 1. The Hall–Kier alpha value is -2.87. The SMILES string of the molecule is CC(=O)O[C@@]1(C)CC[C@H]2[C@@H]3CC[C@]45O[C@H]4C(=O)C(C(=O)/C=C/c4ccc([N+](=O)[O-])cc4)C[C@]5(C)[C@H]3CC[C@@]21C. The Labute approximate surface area is 228 Å². The topological polar surface area (TPSA) is 116 Å². The fourth-order valence-corrected chi connectivity index (χ4v) is 9.53. The van der Waals surface area contributed by atoms with E-state index >= 15 is 0 Å². The lowest BCUT2D eigenvalue weighted by Gasteiger charge is -2.60. The zero-order valence-electron chi connectivity index (χ0n) is 23.1. The van der Waals surface area contributed by atoms with Gasteiger partial charge in [-0.05, 0) is 93.4 Å². The number of hydrogen-bond acceptors (Lipinski definition) is 7. The largest absolute Gasteiger partial charge is 0.459 e. The summed E-state index contributed by atoms with van der Waals surface area (Å²) in [5, 5.41) is 10.9. The van der Waals surface area contributed by atoms with Crippen molar-refractivity contribution in [3.8, 4) is 0 Å². The molecule has 4 saturated carbocycles. The quantitative estimate of drug-likeness (QED) is 0.123. The fraction of sp³-hybridized carbons (Fsp3) is 0.645. The normalized spacial score (nSPS) is 44.1. The summed E-state index contributed by atoms with van der Waals surface area (Å²) in [5.41, 5.74) is -0.637. The maximum atomic E-state index is 13.4. The van der Waals surface area contributed by atoms with E-state index in [9.17, 15) is 24.5 Å². The second-order valence-electron chi connectivity index (χ2n) is 13.3. The number of ketones is 2. The molecule has 8 heteroatoms. The van der Waals surface area contributed by atoms with Crippen molar-refractivity contribution < 1.29 is 28.8 Å². The number of benzene rings is 1. The van der Waals surface area contributed by atoms with E-state index in [2.05, 4.69) is 20.8 Å². The van der Waals surface area contributed by atoms with Crippen LogP contribution >= 0.6 is 0 Å². The van der Waals surface area contributed by atoms with Gasteiger partial charge in [0.05, 0.1) is 10.8 Å². The van der Waals surface area contributed by atoms with E-state index in [1.807, 2.05) is 0 Å². The average molecular weight is 536 g/mol. The number of nitro groups is 1. The molecule has 9 atom stereocenters. The van der Waals surface area contributed by atoms with Crippen LogP contribution in [0.5, 0.6) is 0 Å². The fourth-order valence-electron chi connectivity index (χ4n) is 9.53. The number of non-ortho nitro benzene ring substituents is 1. The van der Waals surface area contributed by atoms with E-state index in [0.29, 0.717) is 29.7 Å². The molecule has 39 heavy (non-hydrogen) atoms. The zero-order chi connectivity index (χ0) is 28.0. The molecule has 5 fully saturated rings. The van der Waals surface area contributed by atoms with Gasteiger partial charge in [0, 0.05) is 29.9 Å². The summed E-state index contributed by atoms with van der Waals surface area (Å²) >= 11 is 0. The minimum absolute atomic E-state index is 0.0121. The van der Waals surface area contributed by atoms with Crippen molar-refractivity contribution in [3.63, 3.8) is 0 Å². The van der Waals surface area contributed by atoms with Gasteiger partial charge in [-0.1, -0.05) is 19.9 Å². The third-order valence-corrected chi connectivity index (χ3v) is 11.8. The van der Waals surface area contributed by atoms with Crippen LogP contribution in [0.2, 0.25) is 0 Å². The van der Waals surface area contributed by atoms with E-state index in [1.54, 1.807) is 18.2 Å². The van der Waals surface area contributed by atoms with Crippen LogP contribution in [0.3, 0.4) is 0 Å². The molecule has 5 aliphatic rings. The lowest BCUT2D eigenvalue weighted by Crippen LogP contribution is -2.61. The predicted molar refractivity (Wildman–Crippen MR) is 142 cm³/mol. The highest BCUT2D eigenvalue weighted by atomic mass is 16.6. The van der Waals surface area contributed by atoms with Crippen molar-refractivity contribution in [1.29, 1.82) is 0 Å². The number of rotatable bonds is 5. The van der Waals surface area contributed by atoms with Crippen molar-refractivity contribution in [2.45, 2.75) is 89.9 Å². The maximum Gasteiger partial charge on any atom is 0.303 e. The van der Waals surface area contributed by atoms with E-state index < -0.39 is 28.1 Å². The average Bonchev–Trinajstić information content (AvgIpc) is 3.57. The van der Waals surface area contributed by atoms with Gasteiger partial charge in [-0.25, -0.2) is 0 Å². The van der Waals surface area contributed by atoms with Crippen molar-refractivity contribution in [2.24, 2.45) is 34.5 Å². The van der Waals surface area contributed by atoms with Crippen molar-refractivity contribution in [2.75, 3.05) is 0 Å². The van der Waals surface area contributed by atoms with Crippen LogP contribution in [-0.2, 0) is 23.9 Å². The second-order valence-corrected chi connectivity index (χ2v) is 13.3. The highest BCUT2D eigenvalue weighted by molar-refractivity contribution is 6.12. The van der Waals surface area contributed by atoms with E-state index in [4.69, 9.17) is 9.47 Å². The minimum atomic E-state index is -0.744. The van der Waals surface area contributed by atoms with Gasteiger partial charge in [-0.15, -0.1) is 0 Å². The Balaban J connectivity index is 1.24. The van der Waals surface area contributed by atoms with Gasteiger partial charge in [0.25, 0.3) is 5.69 Å². The molecule has 0 N–H and O–H groups in total. The molecule has 0 amide bonds. The van der Waals surface area contributed by atoms with Crippen LogP contribution in [0.1, 0.15) is 78.2 Å². The Kier molecular flexibility index (Phi) is 5.79. The number of nitrogens with zero attached hydrogens (tertiary/aromatic N) is 1. The van der Waals surface area contributed by atoms with Gasteiger partial charge in [-0.3, -0.25) is 24.5 Å². The number of carbonyl (C=O) groups is 3. The smallest absolute Gasteiger partial charge is 0.303 e. The number of allylic oxidation sites excluding steroid dienone is 1. The molecule has 0 bridgehead atoms. The number of fused-ring (bicyclic) bond motifs is 4. The monoisotopic (exact) mass is 535 g/mol. The van der Waals surface area contributed by atoms with Gasteiger partial charge in [0.1, 0.15) is 17.3 Å². The van der Waals surface area contributed by atoms with Gasteiger partial charge < -0.3 is 9.47 Å². The molecule has 1 aromatic rings. The number of carbonyl (C=O) groups excluding carboxylic acids is 3. The number of hydrogen-bond donors (Lipinski definition) is 0. The number of nitro benzene ring substituents is 1. The molecule has 8 nitrogen and oxygen atoms in total. The van der Waals surface area contributed by atoms with Crippen LogP contribution in [0.4, 0.5) is 5.69 Å². The van der Waals surface area contributed by atoms with Crippen LogP contribution in [-0.4, -0.2) is 39.8 Å².